The van der Waals surface area contributed by atoms with Crippen LogP contribution in [-0.2, 0) is 14.4 Å². The maximum atomic E-state index is 11.5. The lowest BCUT2D eigenvalue weighted by Gasteiger charge is -2.17. The van der Waals surface area contributed by atoms with Gasteiger partial charge in [-0.15, -0.1) is 0 Å². The Hall–Kier alpha value is -1.43. The molecule has 0 heterocycles. The minimum atomic E-state index is -0.849. The standard InChI is InChI=1S/C10H19N3O3/c1-7(2)6-12-9(15)10(16)13(5-4-11)8(3)14/h7H,4-6,11H2,1-3H3,(H,12,15). The Morgan fingerprint density at radius 1 is 1.31 bits per heavy atom. The zero-order valence-electron chi connectivity index (χ0n) is 9.95. The van der Waals surface area contributed by atoms with E-state index in [0.29, 0.717) is 6.54 Å². The molecule has 0 aromatic carbocycles. The summed E-state index contributed by atoms with van der Waals surface area (Å²) in [6.45, 7) is 5.65. The third-order valence-electron chi connectivity index (χ3n) is 1.84. The fourth-order valence-corrected chi connectivity index (χ4v) is 1.03. The summed E-state index contributed by atoms with van der Waals surface area (Å²) in [7, 11) is 0. The van der Waals surface area contributed by atoms with E-state index in [2.05, 4.69) is 5.32 Å². The number of nitrogens with two attached hydrogens (primary N) is 1. The predicted octanol–water partition coefficient (Wildman–Crippen LogP) is -0.908. The van der Waals surface area contributed by atoms with Gasteiger partial charge in [-0.3, -0.25) is 19.3 Å². The highest BCUT2D eigenvalue weighted by atomic mass is 16.2. The number of nitrogens with one attached hydrogen (secondary N) is 1. The van der Waals surface area contributed by atoms with Crippen molar-refractivity contribution in [2.24, 2.45) is 11.7 Å². The number of hydrogen-bond acceptors (Lipinski definition) is 4. The van der Waals surface area contributed by atoms with Crippen molar-refractivity contribution >= 4 is 17.7 Å². The van der Waals surface area contributed by atoms with E-state index in [4.69, 9.17) is 5.73 Å². The van der Waals surface area contributed by atoms with Gasteiger partial charge in [0.2, 0.25) is 5.91 Å². The Kier molecular flexibility index (Phi) is 6.32. The van der Waals surface area contributed by atoms with Gasteiger partial charge >= 0.3 is 11.8 Å². The molecule has 3 amide bonds. The maximum absolute atomic E-state index is 11.5. The van der Waals surface area contributed by atoms with E-state index in [9.17, 15) is 14.4 Å². The van der Waals surface area contributed by atoms with Crippen LogP contribution in [0.2, 0.25) is 0 Å². The molecule has 6 nitrogen and oxygen atoms in total. The molecule has 0 atom stereocenters. The van der Waals surface area contributed by atoms with Gasteiger partial charge in [0, 0.05) is 26.6 Å². The number of nitrogens with zero attached hydrogens (tertiary/aromatic N) is 1. The van der Waals surface area contributed by atoms with Crippen molar-refractivity contribution < 1.29 is 14.4 Å². The van der Waals surface area contributed by atoms with Gasteiger partial charge in [-0.05, 0) is 5.92 Å². The van der Waals surface area contributed by atoms with E-state index in [-0.39, 0.29) is 19.0 Å². The number of rotatable bonds is 4. The highest BCUT2D eigenvalue weighted by molar-refractivity contribution is 6.37. The first-order chi connectivity index (χ1) is 7.40. The average molecular weight is 229 g/mol. The highest BCUT2D eigenvalue weighted by Gasteiger charge is 2.24. The molecule has 0 aliphatic heterocycles. The van der Waals surface area contributed by atoms with E-state index < -0.39 is 17.7 Å². The van der Waals surface area contributed by atoms with Gasteiger partial charge in [0.1, 0.15) is 0 Å². The number of hydrogen-bond donors (Lipinski definition) is 2. The molecular formula is C10H19N3O3. The lowest BCUT2D eigenvalue weighted by Crippen LogP contribution is -2.47. The summed E-state index contributed by atoms with van der Waals surface area (Å²) in [5.74, 6) is -1.84. The van der Waals surface area contributed by atoms with Crippen LogP contribution in [-0.4, -0.2) is 42.3 Å². The lowest BCUT2D eigenvalue weighted by atomic mass is 10.2. The molecule has 92 valence electrons. The van der Waals surface area contributed by atoms with Crippen molar-refractivity contribution in [2.75, 3.05) is 19.6 Å². The Bertz CT molecular complexity index is 276. The molecule has 0 aromatic rings. The van der Waals surface area contributed by atoms with Crippen molar-refractivity contribution in [1.82, 2.24) is 10.2 Å². The van der Waals surface area contributed by atoms with Crippen LogP contribution in [0.15, 0.2) is 0 Å². The number of amides is 3. The van der Waals surface area contributed by atoms with E-state index >= 15 is 0 Å². The summed E-state index contributed by atoms with van der Waals surface area (Å²) in [5.41, 5.74) is 5.25. The molecule has 0 saturated heterocycles. The van der Waals surface area contributed by atoms with Gasteiger partial charge in [-0.25, -0.2) is 0 Å². The number of imide groups is 1. The van der Waals surface area contributed by atoms with Gasteiger partial charge in [-0.1, -0.05) is 13.8 Å². The SMILES string of the molecule is CC(=O)N(CCN)C(=O)C(=O)NCC(C)C. The molecule has 16 heavy (non-hydrogen) atoms. The second-order valence-electron chi connectivity index (χ2n) is 3.87. The Morgan fingerprint density at radius 3 is 2.25 bits per heavy atom. The molecule has 6 heteroatoms. The van der Waals surface area contributed by atoms with Crippen molar-refractivity contribution in [3.8, 4) is 0 Å². The molecule has 0 saturated carbocycles. The fraction of sp³-hybridized carbons (Fsp3) is 0.700. The molecule has 0 radical (unpaired) electrons. The third-order valence-corrected chi connectivity index (χ3v) is 1.84. The minimum absolute atomic E-state index is 0.0588. The van der Waals surface area contributed by atoms with E-state index in [1.165, 1.54) is 6.92 Å². The van der Waals surface area contributed by atoms with Crippen molar-refractivity contribution in [3.63, 3.8) is 0 Å². The third kappa shape index (κ3) is 4.88. The average Bonchev–Trinajstić information content (AvgIpc) is 2.20. The van der Waals surface area contributed by atoms with Crippen LogP contribution < -0.4 is 11.1 Å². The van der Waals surface area contributed by atoms with E-state index in [1.807, 2.05) is 13.8 Å². The van der Waals surface area contributed by atoms with Crippen LogP contribution in [0.3, 0.4) is 0 Å². The normalized spacial score (nSPS) is 10.1. The maximum Gasteiger partial charge on any atom is 0.318 e. The molecule has 0 spiro atoms. The summed E-state index contributed by atoms with van der Waals surface area (Å²) in [4.78, 5) is 34.8. The van der Waals surface area contributed by atoms with Crippen LogP contribution in [0.1, 0.15) is 20.8 Å². The molecular weight excluding hydrogens is 210 g/mol. The Morgan fingerprint density at radius 2 is 1.88 bits per heavy atom. The molecule has 0 aromatic heterocycles. The highest BCUT2D eigenvalue weighted by Crippen LogP contribution is 1.92. The smallest absolute Gasteiger partial charge is 0.318 e. The van der Waals surface area contributed by atoms with Gasteiger partial charge in [0.25, 0.3) is 0 Å². The molecule has 0 fully saturated rings. The first-order valence-electron chi connectivity index (χ1n) is 5.20. The van der Waals surface area contributed by atoms with Crippen LogP contribution in [0.5, 0.6) is 0 Å². The minimum Gasteiger partial charge on any atom is -0.348 e. The topological polar surface area (TPSA) is 92.5 Å². The zero-order chi connectivity index (χ0) is 12.7. The zero-order valence-corrected chi connectivity index (χ0v) is 9.95. The molecule has 0 rings (SSSR count). The van der Waals surface area contributed by atoms with Gasteiger partial charge < -0.3 is 11.1 Å². The Balaban J connectivity index is 4.38. The van der Waals surface area contributed by atoms with Gasteiger partial charge in [0.15, 0.2) is 0 Å². The quantitative estimate of drug-likeness (QED) is 0.610. The van der Waals surface area contributed by atoms with Crippen LogP contribution in [0.25, 0.3) is 0 Å². The van der Waals surface area contributed by atoms with Gasteiger partial charge in [-0.2, -0.15) is 0 Å². The molecule has 3 N–H and O–H groups in total. The van der Waals surface area contributed by atoms with E-state index in [1.54, 1.807) is 0 Å². The summed E-state index contributed by atoms with van der Waals surface area (Å²) >= 11 is 0. The second-order valence-corrected chi connectivity index (χ2v) is 3.87. The number of carbonyl (C=O) groups excluding carboxylic acids is 3. The largest absolute Gasteiger partial charge is 0.348 e. The first kappa shape index (κ1) is 14.6. The predicted molar refractivity (Wildman–Crippen MR) is 59.3 cm³/mol. The van der Waals surface area contributed by atoms with Gasteiger partial charge in [0.05, 0.1) is 0 Å². The fourth-order valence-electron chi connectivity index (χ4n) is 1.03. The molecule has 0 aliphatic carbocycles. The van der Waals surface area contributed by atoms with Crippen LogP contribution in [0, 0.1) is 5.92 Å². The van der Waals surface area contributed by atoms with Crippen molar-refractivity contribution in [2.45, 2.75) is 20.8 Å². The van der Waals surface area contributed by atoms with Crippen molar-refractivity contribution in [3.05, 3.63) is 0 Å². The van der Waals surface area contributed by atoms with Crippen LogP contribution >= 0.6 is 0 Å². The van der Waals surface area contributed by atoms with Crippen molar-refractivity contribution in [1.29, 1.82) is 0 Å². The summed E-state index contributed by atoms with van der Waals surface area (Å²) in [5, 5.41) is 2.45. The summed E-state index contributed by atoms with van der Waals surface area (Å²) in [6.07, 6.45) is 0. The Labute approximate surface area is 95.2 Å². The monoisotopic (exact) mass is 229 g/mol. The molecule has 0 aliphatic rings. The first-order valence-corrected chi connectivity index (χ1v) is 5.20. The lowest BCUT2D eigenvalue weighted by molar-refractivity contribution is -0.151. The molecule has 0 bridgehead atoms. The van der Waals surface area contributed by atoms with Crippen LogP contribution in [0.4, 0.5) is 0 Å². The number of carbonyl (C=O) groups is 3. The summed E-state index contributed by atoms with van der Waals surface area (Å²) in [6, 6.07) is 0. The molecule has 0 unspecified atom stereocenters. The van der Waals surface area contributed by atoms with E-state index in [0.717, 1.165) is 4.90 Å². The second kappa shape index (κ2) is 6.95. The summed E-state index contributed by atoms with van der Waals surface area (Å²) < 4.78 is 0.